The number of hydrogen-bond acceptors (Lipinski definition) is 2. The van der Waals surface area contributed by atoms with Crippen molar-refractivity contribution in [3.8, 4) is 0 Å². The Labute approximate surface area is 117 Å². The molecule has 2 rings (SSSR count). The van der Waals surface area contributed by atoms with Crippen molar-refractivity contribution in [3.05, 3.63) is 58.7 Å². The van der Waals surface area contributed by atoms with Gasteiger partial charge in [0, 0.05) is 0 Å². The van der Waals surface area contributed by atoms with E-state index in [4.69, 9.17) is 5.73 Å². The number of hydrogen-bond donors (Lipinski definition) is 1. The average molecular weight is 273 g/mol. The third-order valence-electron chi connectivity index (χ3n) is 3.32. The molecule has 0 bridgehead atoms. The van der Waals surface area contributed by atoms with Gasteiger partial charge in [0.05, 0.1) is 27.1 Å². The maximum absolute atomic E-state index is 12.5. The van der Waals surface area contributed by atoms with Gasteiger partial charge in [0.1, 0.15) is 0 Å². The summed E-state index contributed by atoms with van der Waals surface area (Å²) in [6.45, 7) is 6.03. The molecule has 0 radical (unpaired) electrons. The highest BCUT2D eigenvalue weighted by molar-refractivity contribution is 7.84. The topological polar surface area (TPSA) is 43.1 Å². The zero-order valence-corrected chi connectivity index (χ0v) is 12.4. The van der Waals surface area contributed by atoms with E-state index in [-0.39, 0.29) is 0 Å². The van der Waals surface area contributed by atoms with E-state index in [1.165, 1.54) is 11.1 Å². The number of rotatable bonds is 3. The van der Waals surface area contributed by atoms with Crippen molar-refractivity contribution >= 4 is 16.5 Å². The number of anilines is 1. The van der Waals surface area contributed by atoms with Crippen molar-refractivity contribution in [2.75, 3.05) is 5.73 Å². The Morgan fingerprint density at radius 2 is 1.79 bits per heavy atom. The van der Waals surface area contributed by atoms with Crippen LogP contribution in [0.1, 0.15) is 22.3 Å². The SMILES string of the molecule is Cc1ccc(C)c(CS(=O)c2cccc(C)c2N)c1. The largest absolute Gasteiger partial charge is 0.398 e. The lowest BCUT2D eigenvalue weighted by molar-refractivity contribution is 0.682. The predicted octanol–water partition coefficient (Wildman–Crippen LogP) is 3.50. The molecular formula is C16H19NOS. The summed E-state index contributed by atoms with van der Waals surface area (Å²) in [6.07, 6.45) is 0. The summed E-state index contributed by atoms with van der Waals surface area (Å²) in [6, 6.07) is 11.9. The molecule has 0 aromatic heterocycles. The molecule has 19 heavy (non-hydrogen) atoms. The smallest absolute Gasteiger partial charge is 0.0623 e. The van der Waals surface area contributed by atoms with E-state index in [2.05, 4.69) is 18.2 Å². The van der Waals surface area contributed by atoms with Crippen LogP contribution in [0, 0.1) is 20.8 Å². The molecule has 2 N–H and O–H groups in total. The van der Waals surface area contributed by atoms with Gasteiger partial charge in [0.25, 0.3) is 0 Å². The number of nitrogen functional groups attached to an aromatic ring is 1. The first-order valence-corrected chi connectivity index (χ1v) is 7.60. The van der Waals surface area contributed by atoms with Crippen molar-refractivity contribution in [1.82, 2.24) is 0 Å². The lowest BCUT2D eigenvalue weighted by Gasteiger charge is -2.10. The average Bonchev–Trinajstić information content (AvgIpc) is 2.37. The number of benzene rings is 2. The van der Waals surface area contributed by atoms with E-state index >= 15 is 0 Å². The molecule has 100 valence electrons. The molecule has 0 saturated heterocycles. The van der Waals surface area contributed by atoms with E-state index in [0.717, 1.165) is 16.0 Å². The quantitative estimate of drug-likeness (QED) is 0.870. The van der Waals surface area contributed by atoms with Gasteiger partial charge in [-0.25, -0.2) is 0 Å². The minimum Gasteiger partial charge on any atom is -0.398 e. The summed E-state index contributed by atoms with van der Waals surface area (Å²) in [5, 5.41) is 0. The second-order valence-corrected chi connectivity index (χ2v) is 6.33. The predicted molar refractivity (Wildman–Crippen MR) is 81.6 cm³/mol. The van der Waals surface area contributed by atoms with Crippen LogP contribution in [0.2, 0.25) is 0 Å². The van der Waals surface area contributed by atoms with Crippen molar-refractivity contribution in [3.63, 3.8) is 0 Å². The molecule has 2 aromatic rings. The molecule has 2 nitrogen and oxygen atoms in total. The van der Waals surface area contributed by atoms with Crippen LogP contribution >= 0.6 is 0 Å². The lowest BCUT2D eigenvalue weighted by Crippen LogP contribution is -2.03. The van der Waals surface area contributed by atoms with Crippen LogP contribution in [-0.2, 0) is 16.6 Å². The summed E-state index contributed by atoms with van der Waals surface area (Å²) in [7, 11) is -1.10. The van der Waals surface area contributed by atoms with Crippen LogP contribution in [-0.4, -0.2) is 4.21 Å². The summed E-state index contributed by atoms with van der Waals surface area (Å²) in [5.74, 6) is 0.515. The first-order chi connectivity index (χ1) is 8.99. The molecule has 0 saturated carbocycles. The minimum absolute atomic E-state index is 0.515. The minimum atomic E-state index is -1.10. The zero-order chi connectivity index (χ0) is 14.0. The summed E-state index contributed by atoms with van der Waals surface area (Å²) in [5.41, 5.74) is 11.1. The normalized spacial score (nSPS) is 12.4. The van der Waals surface area contributed by atoms with Crippen LogP contribution in [0.25, 0.3) is 0 Å². The number of aryl methyl sites for hydroxylation is 3. The van der Waals surface area contributed by atoms with Crippen molar-refractivity contribution in [2.45, 2.75) is 31.4 Å². The van der Waals surface area contributed by atoms with Crippen LogP contribution < -0.4 is 5.73 Å². The fraction of sp³-hybridized carbons (Fsp3) is 0.250. The van der Waals surface area contributed by atoms with Gasteiger partial charge in [-0.05, 0) is 43.5 Å². The van der Waals surface area contributed by atoms with Gasteiger partial charge in [0.2, 0.25) is 0 Å². The second-order valence-electron chi connectivity index (χ2n) is 4.91. The Morgan fingerprint density at radius 1 is 1.05 bits per heavy atom. The molecule has 0 aliphatic heterocycles. The fourth-order valence-corrected chi connectivity index (χ4v) is 3.41. The van der Waals surface area contributed by atoms with Gasteiger partial charge in [-0.2, -0.15) is 0 Å². The number of para-hydroxylation sites is 1. The van der Waals surface area contributed by atoms with Crippen molar-refractivity contribution in [2.24, 2.45) is 0 Å². The lowest BCUT2D eigenvalue weighted by atomic mass is 10.1. The molecular weight excluding hydrogens is 254 g/mol. The first kappa shape index (κ1) is 13.8. The third-order valence-corrected chi connectivity index (χ3v) is 4.74. The second kappa shape index (κ2) is 5.57. The van der Waals surface area contributed by atoms with E-state index in [9.17, 15) is 4.21 Å². The van der Waals surface area contributed by atoms with Gasteiger partial charge in [-0.3, -0.25) is 4.21 Å². The van der Waals surface area contributed by atoms with Crippen LogP contribution in [0.5, 0.6) is 0 Å². The summed E-state index contributed by atoms with van der Waals surface area (Å²) >= 11 is 0. The molecule has 1 unspecified atom stereocenters. The summed E-state index contributed by atoms with van der Waals surface area (Å²) in [4.78, 5) is 0.737. The molecule has 0 aliphatic rings. The number of nitrogens with two attached hydrogens (primary N) is 1. The van der Waals surface area contributed by atoms with Crippen LogP contribution in [0.4, 0.5) is 5.69 Å². The molecule has 2 aromatic carbocycles. The fourth-order valence-electron chi connectivity index (χ4n) is 2.03. The standard InChI is InChI=1S/C16H19NOS/c1-11-7-8-12(2)14(9-11)10-19(18)15-6-4-5-13(3)16(15)17/h4-9H,10,17H2,1-3H3. The van der Waals surface area contributed by atoms with Crippen LogP contribution in [0.15, 0.2) is 41.3 Å². The molecule has 3 heteroatoms. The molecule has 0 heterocycles. The molecule has 1 atom stereocenters. The molecule has 0 spiro atoms. The first-order valence-electron chi connectivity index (χ1n) is 6.28. The Morgan fingerprint density at radius 3 is 2.53 bits per heavy atom. The Balaban J connectivity index is 2.31. The molecule has 0 aliphatic carbocycles. The van der Waals surface area contributed by atoms with E-state index < -0.39 is 10.8 Å². The Kier molecular flexibility index (Phi) is 4.05. The zero-order valence-electron chi connectivity index (χ0n) is 11.6. The van der Waals surface area contributed by atoms with E-state index in [0.29, 0.717) is 11.4 Å². The van der Waals surface area contributed by atoms with Gasteiger partial charge in [-0.15, -0.1) is 0 Å². The van der Waals surface area contributed by atoms with Gasteiger partial charge in [-0.1, -0.05) is 35.9 Å². The monoisotopic (exact) mass is 273 g/mol. The molecule has 0 amide bonds. The Bertz CT molecular complexity index is 635. The Hall–Kier alpha value is -1.61. The van der Waals surface area contributed by atoms with Gasteiger partial charge in [0.15, 0.2) is 0 Å². The molecule has 0 fully saturated rings. The van der Waals surface area contributed by atoms with Crippen molar-refractivity contribution < 1.29 is 4.21 Å². The highest BCUT2D eigenvalue weighted by Crippen LogP contribution is 2.23. The summed E-state index contributed by atoms with van der Waals surface area (Å²) < 4.78 is 12.5. The van der Waals surface area contributed by atoms with Crippen molar-refractivity contribution in [1.29, 1.82) is 0 Å². The highest BCUT2D eigenvalue weighted by Gasteiger charge is 2.11. The highest BCUT2D eigenvalue weighted by atomic mass is 32.2. The maximum atomic E-state index is 12.5. The third kappa shape index (κ3) is 3.04. The van der Waals surface area contributed by atoms with Gasteiger partial charge >= 0.3 is 0 Å². The van der Waals surface area contributed by atoms with E-state index in [1.807, 2.05) is 39.0 Å². The maximum Gasteiger partial charge on any atom is 0.0623 e. The van der Waals surface area contributed by atoms with E-state index in [1.54, 1.807) is 0 Å². The van der Waals surface area contributed by atoms with Gasteiger partial charge < -0.3 is 5.73 Å². The van der Waals surface area contributed by atoms with Crippen LogP contribution in [0.3, 0.4) is 0 Å².